The third kappa shape index (κ3) is 7.48. The predicted molar refractivity (Wildman–Crippen MR) is 109 cm³/mol. The van der Waals surface area contributed by atoms with Crippen molar-refractivity contribution in [3.63, 3.8) is 0 Å². The molecule has 158 valence electrons. The van der Waals surface area contributed by atoms with Crippen LogP contribution in [0, 0.1) is 0 Å². The first-order valence-electron chi connectivity index (χ1n) is 8.95. The van der Waals surface area contributed by atoms with Crippen LogP contribution in [0.25, 0.3) is 0 Å². The van der Waals surface area contributed by atoms with Gasteiger partial charge in [0.15, 0.2) is 6.10 Å². The van der Waals surface area contributed by atoms with Crippen molar-refractivity contribution in [1.82, 2.24) is 10.0 Å². The first-order chi connectivity index (χ1) is 13.8. The molecule has 0 radical (unpaired) electrons. The summed E-state index contributed by atoms with van der Waals surface area (Å²) in [5.41, 5.74) is 1.04. The van der Waals surface area contributed by atoms with Gasteiger partial charge in [-0.3, -0.25) is 9.59 Å². The Kier molecular flexibility index (Phi) is 8.62. The minimum absolute atomic E-state index is 0.106. The van der Waals surface area contributed by atoms with Crippen LogP contribution in [-0.2, 0) is 30.8 Å². The molecule has 1 aromatic heterocycles. The molecule has 0 aliphatic carbocycles. The fourth-order valence-corrected chi connectivity index (χ4v) is 4.42. The molecule has 0 bridgehead atoms. The molecule has 1 amide bonds. The van der Waals surface area contributed by atoms with Crippen LogP contribution < -0.4 is 14.8 Å². The fourth-order valence-electron chi connectivity index (χ4n) is 2.35. The standard InChI is InChI=1S/C19H24N2O6S2/c1-14(19(23)20-11-9-15-5-7-16(26-2)8-6-15)27-17(22)10-12-21-29(24,25)18-4-3-13-28-18/h3-8,13-14,21H,9-12H2,1-2H3,(H,20,23). The van der Waals surface area contributed by atoms with Crippen molar-refractivity contribution < 1.29 is 27.5 Å². The molecule has 0 aliphatic rings. The van der Waals surface area contributed by atoms with Crippen LogP contribution in [0.1, 0.15) is 18.9 Å². The van der Waals surface area contributed by atoms with Crippen molar-refractivity contribution in [3.8, 4) is 5.75 Å². The second kappa shape index (κ2) is 10.9. The van der Waals surface area contributed by atoms with E-state index in [1.807, 2.05) is 24.3 Å². The molecule has 2 N–H and O–H groups in total. The molecular weight excluding hydrogens is 416 g/mol. The quantitative estimate of drug-likeness (QED) is 0.515. The predicted octanol–water partition coefficient (Wildman–Crippen LogP) is 1.72. The van der Waals surface area contributed by atoms with E-state index in [-0.39, 0.29) is 17.2 Å². The summed E-state index contributed by atoms with van der Waals surface area (Å²) in [6.45, 7) is 1.76. The van der Waals surface area contributed by atoms with Gasteiger partial charge in [0, 0.05) is 13.1 Å². The summed E-state index contributed by atoms with van der Waals surface area (Å²) in [6, 6.07) is 10.6. The molecular formula is C19H24N2O6S2. The summed E-state index contributed by atoms with van der Waals surface area (Å²) in [4.78, 5) is 23.9. The largest absolute Gasteiger partial charge is 0.497 e. The van der Waals surface area contributed by atoms with Crippen molar-refractivity contribution in [1.29, 1.82) is 0 Å². The Hall–Kier alpha value is -2.43. The van der Waals surface area contributed by atoms with E-state index < -0.39 is 28.0 Å². The number of thiophene rings is 1. The van der Waals surface area contributed by atoms with Crippen molar-refractivity contribution in [2.24, 2.45) is 0 Å². The maximum Gasteiger partial charge on any atom is 0.307 e. The molecule has 1 atom stereocenters. The van der Waals surface area contributed by atoms with Gasteiger partial charge in [0.05, 0.1) is 13.5 Å². The van der Waals surface area contributed by atoms with Crippen LogP contribution >= 0.6 is 11.3 Å². The molecule has 0 saturated heterocycles. The first-order valence-corrected chi connectivity index (χ1v) is 11.3. The minimum Gasteiger partial charge on any atom is -0.497 e. The topological polar surface area (TPSA) is 111 Å². The van der Waals surface area contributed by atoms with Gasteiger partial charge in [-0.25, -0.2) is 13.1 Å². The number of methoxy groups -OCH3 is 1. The average molecular weight is 441 g/mol. The Bertz CT molecular complexity index is 895. The number of ether oxygens (including phenoxy) is 2. The second-order valence-corrected chi connectivity index (χ2v) is 9.04. The van der Waals surface area contributed by atoms with E-state index in [1.54, 1.807) is 18.6 Å². The molecule has 29 heavy (non-hydrogen) atoms. The molecule has 0 fully saturated rings. The van der Waals surface area contributed by atoms with Crippen LogP contribution in [0.4, 0.5) is 0 Å². The van der Waals surface area contributed by atoms with Gasteiger partial charge in [0.2, 0.25) is 10.0 Å². The van der Waals surface area contributed by atoms with Gasteiger partial charge in [-0.1, -0.05) is 18.2 Å². The molecule has 10 heteroatoms. The normalized spacial score (nSPS) is 12.2. The summed E-state index contributed by atoms with van der Waals surface area (Å²) >= 11 is 1.09. The van der Waals surface area contributed by atoms with E-state index in [1.165, 1.54) is 13.0 Å². The smallest absolute Gasteiger partial charge is 0.307 e. The third-order valence-corrected chi connectivity index (χ3v) is 6.79. The lowest BCUT2D eigenvalue weighted by molar-refractivity contribution is -0.154. The number of benzene rings is 1. The SMILES string of the molecule is COc1ccc(CCNC(=O)C(C)OC(=O)CCNS(=O)(=O)c2cccs2)cc1. The highest BCUT2D eigenvalue weighted by Crippen LogP contribution is 2.15. The highest BCUT2D eigenvalue weighted by atomic mass is 32.2. The van der Waals surface area contributed by atoms with Crippen LogP contribution in [0.2, 0.25) is 0 Å². The van der Waals surface area contributed by atoms with Gasteiger partial charge in [0.25, 0.3) is 5.91 Å². The lowest BCUT2D eigenvalue weighted by Crippen LogP contribution is -2.37. The summed E-state index contributed by atoms with van der Waals surface area (Å²) in [6.07, 6.45) is -0.512. The van der Waals surface area contributed by atoms with Crippen molar-refractivity contribution in [2.45, 2.75) is 30.1 Å². The number of carbonyl (C=O) groups excluding carboxylic acids is 2. The highest BCUT2D eigenvalue weighted by Gasteiger charge is 2.19. The number of esters is 1. The minimum atomic E-state index is -3.63. The molecule has 0 spiro atoms. The Morgan fingerprint density at radius 3 is 2.48 bits per heavy atom. The fraction of sp³-hybridized carbons (Fsp3) is 0.368. The zero-order valence-corrected chi connectivity index (χ0v) is 17.8. The maximum atomic E-state index is 12.0. The highest BCUT2D eigenvalue weighted by molar-refractivity contribution is 7.91. The summed E-state index contributed by atoms with van der Waals surface area (Å²) in [5.74, 6) is -0.307. The first kappa shape index (κ1) is 22.9. The molecule has 1 unspecified atom stereocenters. The van der Waals surface area contributed by atoms with Gasteiger partial charge >= 0.3 is 5.97 Å². The van der Waals surface area contributed by atoms with Gasteiger partial charge in [-0.2, -0.15) is 0 Å². The van der Waals surface area contributed by atoms with Crippen LogP contribution in [0.5, 0.6) is 5.75 Å². The lowest BCUT2D eigenvalue weighted by Gasteiger charge is -2.14. The van der Waals surface area contributed by atoms with Crippen LogP contribution in [-0.4, -0.2) is 46.6 Å². The number of sulfonamides is 1. The molecule has 8 nitrogen and oxygen atoms in total. The number of hydrogen-bond donors (Lipinski definition) is 2. The molecule has 2 aromatic rings. The molecule has 1 aromatic carbocycles. The number of carbonyl (C=O) groups is 2. The van der Waals surface area contributed by atoms with E-state index in [0.29, 0.717) is 13.0 Å². The maximum absolute atomic E-state index is 12.0. The summed E-state index contributed by atoms with van der Waals surface area (Å²) in [7, 11) is -2.03. The zero-order chi connectivity index (χ0) is 21.3. The zero-order valence-electron chi connectivity index (χ0n) is 16.2. The molecule has 0 aliphatic heterocycles. The summed E-state index contributed by atoms with van der Waals surface area (Å²) in [5, 5.41) is 4.36. The van der Waals surface area contributed by atoms with Crippen molar-refractivity contribution in [2.75, 3.05) is 20.2 Å². The van der Waals surface area contributed by atoms with Crippen LogP contribution in [0.3, 0.4) is 0 Å². The number of nitrogens with one attached hydrogen (secondary N) is 2. The number of hydrogen-bond acceptors (Lipinski definition) is 7. The van der Waals surface area contributed by atoms with Crippen molar-refractivity contribution >= 4 is 33.2 Å². The van der Waals surface area contributed by atoms with E-state index >= 15 is 0 Å². The monoisotopic (exact) mass is 440 g/mol. The van der Waals surface area contributed by atoms with Crippen molar-refractivity contribution in [3.05, 3.63) is 47.3 Å². The van der Waals surface area contributed by atoms with Gasteiger partial charge in [0.1, 0.15) is 9.96 Å². The van der Waals surface area contributed by atoms with E-state index in [0.717, 1.165) is 22.6 Å². The van der Waals surface area contributed by atoms with E-state index in [2.05, 4.69) is 10.0 Å². The Balaban J connectivity index is 1.66. The van der Waals surface area contributed by atoms with Gasteiger partial charge < -0.3 is 14.8 Å². The Labute approximate surface area is 174 Å². The molecule has 0 saturated carbocycles. The number of amides is 1. The molecule has 2 rings (SSSR count). The van der Waals surface area contributed by atoms with Gasteiger partial charge in [-0.15, -0.1) is 11.3 Å². The third-order valence-electron chi connectivity index (χ3n) is 3.93. The van der Waals surface area contributed by atoms with Gasteiger partial charge in [-0.05, 0) is 42.5 Å². The summed E-state index contributed by atoms with van der Waals surface area (Å²) < 4.78 is 36.5. The second-order valence-electron chi connectivity index (χ2n) is 6.10. The van der Waals surface area contributed by atoms with E-state index in [4.69, 9.17) is 9.47 Å². The number of rotatable bonds is 11. The lowest BCUT2D eigenvalue weighted by atomic mass is 10.1. The molecule has 1 heterocycles. The average Bonchev–Trinajstić information content (AvgIpc) is 3.24. The van der Waals surface area contributed by atoms with E-state index in [9.17, 15) is 18.0 Å². The van der Waals surface area contributed by atoms with Crippen LogP contribution in [0.15, 0.2) is 46.0 Å². The Morgan fingerprint density at radius 1 is 1.14 bits per heavy atom. The Morgan fingerprint density at radius 2 is 1.86 bits per heavy atom.